The van der Waals surface area contributed by atoms with Gasteiger partial charge in [0.1, 0.15) is 9.28 Å². The Kier molecular flexibility index (Phi) is 5.80. The van der Waals surface area contributed by atoms with Crippen molar-refractivity contribution in [1.82, 2.24) is 0 Å². The third-order valence-corrected chi connectivity index (χ3v) is 26.5. The molecule has 0 bridgehead atoms. The van der Waals surface area contributed by atoms with Gasteiger partial charge in [-0.05, 0) is 98.4 Å². The predicted molar refractivity (Wildman–Crippen MR) is 147 cm³/mol. The third-order valence-electron chi connectivity index (χ3n) is 6.78. The lowest BCUT2D eigenvalue weighted by Crippen LogP contribution is -2.32. The summed E-state index contributed by atoms with van der Waals surface area (Å²) in [5.41, 5.74) is 2.71. The van der Waals surface area contributed by atoms with Crippen LogP contribution < -0.4 is 0 Å². The molecule has 156 valence electrons. The second kappa shape index (κ2) is 8.71. The quantitative estimate of drug-likeness (QED) is 0.172. The maximum absolute atomic E-state index is 5.38. The summed E-state index contributed by atoms with van der Waals surface area (Å²) in [5.74, 6) is 0. The van der Waals surface area contributed by atoms with E-state index in [9.17, 15) is 0 Å². The van der Waals surface area contributed by atoms with Gasteiger partial charge in [0, 0.05) is 23.5 Å². The highest BCUT2D eigenvalue weighted by Gasteiger charge is 2.09. The Morgan fingerprint density at radius 2 is 1.23 bits per heavy atom. The minimum absolute atomic E-state index is 0.0189. The molecule has 1 heterocycles. The molecule has 1 saturated heterocycles. The van der Waals surface area contributed by atoms with Crippen LogP contribution in [0.4, 0.5) is 0 Å². The van der Waals surface area contributed by atoms with E-state index in [1.54, 1.807) is 0 Å². The lowest BCUT2D eigenvalue weighted by molar-refractivity contribution is 0.367. The summed E-state index contributed by atoms with van der Waals surface area (Å²) in [6.45, 7) is 8.04. The fourth-order valence-corrected chi connectivity index (χ4v) is 18.1. The van der Waals surface area contributed by atoms with Crippen LogP contribution in [0, 0.1) is 13.8 Å². The largest absolute Gasteiger partial charge is 0.428 e. The van der Waals surface area contributed by atoms with Crippen LogP contribution in [0.2, 0.25) is 12.6 Å². The zero-order chi connectivity index (χ0) is 21.4. The van der Waals surface area contributed by atoms with Crippen molar-refractivity contribution in [2.75, 3.05) is 6.61 Å². The van der Waals surface area contributed by atoms with Gasteiger partial charge in [0.25, 0.3) is 0 Å². The van der Waals surface area contributed by atoms with Crippen molar-refractivity contribution < 1.29 is 4.43 Å². The summed E-state index contributed by atoms with van der Waals surface area (Å²) in [6, 6.07) is 28.5. The highest BCUT2D eigenvalue weighted by molar-refractivity contribution is 7.34. The number of rotatable bonds is 0. The summed E-state index contributed by atoms with van der Waals surface area (Å²) < 4.78 is 5.38. The van der Waals surface area contributed by atoms with Crippen LogP contribution in [0.15, 0.2) is 72.8 Å². The minimum atomic E-state index is -0.0189. The van der Waals surface area contributed by atoms with E-state index in [1.807, 2.05) is 0 Å². The Labute approximate surface area is 190 Å². The molecule has 0 saturated carbocycles. The normalized spacial score (nSPS) is 18.1. The molecule has 0 spiro atoms. The maximum atomic E-state index is 5.38. The van der Waals surface area contributed by atoms with Gasteiger partial charge in [-0.15, -0.1) is 0 Å². The smallest absolute Gasteiger partial charge is 0.140 e. The second-order valence-corrected chi connectivity index (χ2v) is 25.7. The third kappa shape index (κ3) is 4.26. The van der Waals surface area contributed by atoms with E-state index >= 15 is 0 Å². The molecule has 6 rings (SSSR count). The van der Waals surface area contributed by atoms with Gasteiger partial charge in [0.15, 0.2) is 0 Å². The Bertz CT molecular complexity index is 1400. The SMILES string of the molecule is C[SiH]1CCO[SiH2][SiH2]1.Cc1cc2cc3ccc4cc5ccccc5cc4c3cc2cc1C. The van der Waals surface area contributed by atoms with E-state index in [1.165, 1.54) is 60.3 Å². The van der Waals surface area contributed by atoms with E-state index in [0.29, 0.717) is 8.55 Å². The highest BCUT2D eigenvalue weighted by Crippen LogP contribution is 2.33. The summed E-state index contributed by atoms with van der Waals surface area (Å²) >= 11 is 0. The zero-order valence-electron chi connectivity index (χ0n) is 18.7. The van der Waals surface area contributed by atoms with E-state index in [2.05, 4.69) is 93.2 Å². The Hall–Kier alpha value is -2.25. The van der Waals surface area contributed by atoms with Crippen LogP contribution in [0.25, 0.3) is 43.1 Å². The molecule has 1 aliphatic rings. The van der Waals surface area contributed by atoms with Crippen LogP contribution in [0.5, 0.6) is 0 Å². The van der Waals surface area contributed by atoms with Gasteiger partial charge in [-0.25, -0.2) is 0 Å². The van der Waals surface area contributed by atoms with Crippen molar-refractivity contribution in [2.24, 2.45) is 0 Å². The number of hydrogen-bond acceptors (Lipinski definition) is 1. The van der Waals surface area contributed by atoms with Crippen molar-refractivity contribution >= 4 is 69.2 Å². The van der Waals surface area contributed by atoms with E-state index < -0.39 is 0 Å². The molecule has 0 radical (unpaired) electrons. The average molecular weight is 455 g/mol. The lowest BCUT2D eigenvalue weighted by Gasteiger charge is -2.14. The van der Waals surface area contributed by atoms with Crippen LogP contribution in [-0.4, -0.2) is 32.8 Å². The molecular weight excluding hydrogens is 425 g/mol. The van der Waals surface area contributed by atoms with Gasteiger partial charge in [-0.2, -0.15) is 0 Å². The van der Waals surface area contributed by atoms with E-state index in [0.717, 1.165) is 6.61 Å². The molecule has 1 nitrogen and oxygen atoms in total. The van der Waals surface area contributed by atoms with Crippen molar-refractivity contribution in [3.05, 3.63) is 83.9 Å². The van der Waals surface area contributed by atoms with Crippen molar-refractivity contribution in [3.8, 4) is 0 Å². The first kappa shape index (κ1) is 20.6. The molecule has 5 aromatic carbocycles. The maximum Gasteiger partial charge on any atom is 0.140 e. The lowest BCUT2D eigenvalue weighted by atomic mass is 9.94. The highest BCUT2D eigenvalue weighted by atomic mass is 29.5. The zero-order valence-corrected chi connectivity index (χ0v) is 22.7. The van der Waals surface area contributed by atoms with Gasteiger partial charge in [0.2, 0.25) is 0 Å². The van der Waals surface area contributed by atoms with E-state index in [-0.39, 0.29) is 17.6 Å². The van der Waals surface area contributed by atoms with Crippen LogP contribution >= 0.6 is 0 Å². The number of fused-ring (bicyclic) bond motifs is 5. The van der Waals surface area contributed by atoms with Crippen molar-refractivity contribution in [1.29, 1.82) is 0 Å². The molecular formula is C27H30OSi3. The fourth-order valence-electron chi connectivity index (χ4n) is 4.59. The van der Waals surface area contributed by atoms with Crippen molar-refractivity contribution in [3.63, 3.8) is 0 Å². The molecule has 1 fully saturated rings. The number of aryl methyl sites for hydroxylation is 2. The molecule has 4 heteroatoms. The Morgan fingerprint density at radius 3 is 1.77 bits per heavy atom. The monoisotopic (exact) mass is 454 g/mol. The molecule has 1 aliphatic heterocycles. The van der Waals surface area contributed by atoms with Gasteiger partial charge >= 0.3 is 0 Å². The number of benzene rings is 5. The molecule has 5 aromatic rings. The number of hydrogen-bond donors (Lipinski definition) is 0. The standard InChI is InChI=1S/C24H18.C3H12OSi3/c1-15-9-21-12-20-8-7-19-11-17-5-3-4-6-18(17)13-23(19)24(20)14-22(21)10-16(15)2;1-7-3-2-4-5-6-7/h3-14H,1-2H3;7H,2-3,5-6H2,1H3. The van der Waals surface area contributed by atoms with Gasteiger partial charge in [-0.1, -0.05) is 55.1 Å². The molecule has 0 N–H and O–H groups in total. The molecule has 0 aromatic heterocycles. The fraction of sp³-hybridized carbons (Fsp3) is 0.185. The van der Waals surface area contributed by atoms with Crippen LogP contribution in [-0.2, 0) is 4.43 Å². The minimum Gasteiger partial charge on any atom is -0.428 e. The summed E-state index contributed by atoms with van der Waals surface area (Å²) in [4.78, 5) is 0. The molecule has 0 amide bonds. The molecule has 1 unspecified atom stereocenters. The first-order valence-electron chi connectivity index (χ1n) is 11.4. The van der Waals surface area contributed by atoms with Gasteiger partial charge in [0.05, 0.1) is 0 Å². The summed E-state index contributed by atoms with van der Waals surface area (Å²) in [5, 5.41) is 10.6. The van der Waals surface area contributed by atoms with Crippen LogP contribution in [0.3, 0.4) is 0 Å². The first-order valence-corrected chi connectivity index (χ1v) is 21.2. The summed E-state index contributed by atoms with van der Waals surface area (Å²) in [7, 11) is 0.631. The topological polar surface area (TPSA) is 9.23 Å². The molecule has 31 heavy (non-hydrogen) atoms. The first-order chi connectivity index (χ1) is 15.1. The van der Waals surface area contributed by atoms with Gasteiger partial charge in [-0.3, -0.25) is 0 Å². The summed E-state index contributed by atoms with van der Waals surface area (Å²) in [6.07, 6.45) is 0. The average Bonchev–Trinajstić information content (AvgIpc) is 2.78. The molecule has 0 aliphatic carbocycles. The van der Waals surface area contributed by atoms with E-state index in [4.69, 9.17) is 4.43 Å². The molecule has 1 atom stereocenters. The second-order valence-electron chi connectivity index (χ2n) is 9.14. The van der Waals surface area contributed by atoms with Crippen LogP contribution in [0.1, 0.15) is 11.1 Å². The predicted octanol–water partition coefficient (Wildman–Crippen LogP) is 5.45. The van der Waals surface area contributed by atoms with Crippen molar-refractivity contribution in [2.45, 2.75) is 26.4 Å². The Balaban J connectivity index is 0.000000250. The van der Waals surface area contributed by atoms with Gasteiger partial charge < -0.3 is 4.43 Å². The Morgan fingerprint density at radius 1 is 0.677 bits per heavy atom.